The number of imidazole rings is 1. The molecule has 21 heavy (non-hydrogen) atoms. The number of nitrogens with zero attached hydrogens (tertiary/aromatic N) is 6. The molecule has 8 heteroatoms. The zero-order chi connectivity index (χ0) is 14.2. The third kappa shape index (κ3) is 1.81. The largest absolute Gasteiger partial charge is 0.368 e. The van der Waals surface area contributed by atoms with Crippen LogP contribution in [0, 0.1) is 0 Å². The Kier molecular flexibility index (Phi) is 2.40. The first-order valence-corrected chi connectivity index (χ1v) is 6.26. The van der Waals surface area contributed by atoms with Gasteiger partial charge in [0.25, 0.3) is 0 Å². The topological polar surface area (TPSA) is 111 Å². The molecule has 3 N–H and O–H groups in total. The minimum Gasteiger partial charge on any atom is -0.368 e. The van der Waals surface area contributed by atoms with Crippen molar-refractivity contribution in [1.29, 1.82) is 0 Å². The number of nitrogens with one attached hydrogen (secondary N) is 1. The number of hydrogen-bond donors (Lipinski definition) is 2. The lowest BCUT2D eigenvalue weighted by molar-refractivity contribution is 0.806. The van der Waals surface area contributed by atoms with E-state index in [-0.39, 0.29) is 5.95 Å². The molecule has 8 nitrogen and oxygen atoms in total. The van der Waals surface area contributed by atoms with Crippen LogP contribution in [0.4, 0.5) is 5.95 Å². The predicted octanol–water partition coefficient (Wildman–Crippen LogP) is 1.18. The third-order valence-corrected chi connectivity index (χ3v) is 3.10. The van der Waals surface area contributed by atoms with Crippen LogP contribution in [0.25, 0.3) is 28.2 Å². The van der Waals surface area contributed by atoms with Gasteiger partial charge in [0.1, 0.15) is 16.9 Å². The number of fused-ring (bicyclic) bond motifs is 1. The molecule has 0 amide bonds. The molecule has 0 aliphatic heterocycles. The first-order chi connectivity index (χ1) is 10.3. The summed E-state index contributed by atoms with van der Waals surface area (Å²) >= 11 is 0. The molecule has 4 rings (SSSR count). The number of anilines is 1. The molecule has 1 aromatic carbocycles. The molecule has 0 saturated heterocycles. The summed E-state index contributed by atoms with van der Waals surface area (Å²) in [7, 11) is 0. The number of nitrogen functional groups attached to an aromatic ring is 1. The van der Waals surface area contributed by atoms with Gasteiger partial charge in [-0.1, -0.05) is 23.4 Å². The van der Waals surface area contributed by atoms with Gasteiger partial charge in [0.05, 0.1) is 18.2 Å². The van der Waals surface area contributed by atoms with E-state index in [1.54, 1.807) is 17.2 Å². The number of aromatic nitrogens is 7. The average Bonchev–Trinajstić information content (AvgIpc) is 3.16. The summed E-state index contributed by atoms with van der Waals surface area (Å²) in [5.74, 6) is 0.158. The van der Waals surface area contributed by atoms with Gasteiger partial charge in [-0.15, -0.1) is 5.10 Å². The minimum absolute atomic E-state index is 0.158. The Bertz CT molecular complexity index is 908. The van der Waals surface area contributed by atoms with Gasteiger partial charge < -0.3 is 10.7 Å². The van der Waals surface area contributed by atoms with Crippen molar-refractivity contribution in [2.75, 3.05) is 5.73 Å². The fraction of sp³-hybridized carbons (Fsp3) is 0. The van der Waals surface area contributed by atoms with Gasteiger partial charge in [-0.2, -0.15) is 4.98 Å². The second-order valence-corrected chi connectivity index (χ2v) is 4.40. The van der Waals surface area contributed by atoms with Crippen LogP contribution < -0.4 is 5.73 Å². The summed E-state index contributed by atoms with van der Waals surface area (Å²) in [6.07, 6.45) is 3.19. The summed E-state index contributed by atoms with van der Waals surface area (Å²) < 4.78 is 1.70. The number of nitrogens with two attached hydrogens (primary N) is 1. The summed E-state index contributed by atoms with van der Waals surface area (Å²) in [5.41, 5.74) is 9.17. The lowest BCUT2D eigenvalue weighted by Gasteiger charge is -2.06. The van der Waals surface area contributed by atoms with E-state index in [9.17, 15) is 0 Å². The predicted molar refractivity (Wildman–Crippen MR) is 76.4 cm³/mol. The molecule has 4 aromatic rings. The molecule has 0 fully saturated rings. The van der Waals surface area contributed by atoms with Crippen LogP contribution in [-0.4, -0.2) is 34.9 Å². The van der Waals surface area contributed by atoms with Crippen molar-refractivity contribution in [2.24, 2.45) is 0 Å². The van der Waals surface area contributed by atoms with E-state index in [0.717, 1.165) is 5.69 Å². The zero-order valence-electron chi connectivity index (χ0n) is 10.8. The van der Waals surface area contributed by atoms with Crippen LogP contribution in [0.2, 0.25) is 0 Å². The maximum absolute atomic E-state index is 5.75. The fourth-order valence-electron chi connectivity index (χ4n) is 2.19. The molecule has 0 spiro atoms. The Morgan fingerprint density at radius 1 is 1.10 bits per heavy atom. The molecule has 0 atom stereocenters. The Balaban J connectivity index is 1.99. The van der Waals surface area contributed by atoms with Crippen LogP contribution in [0.15, 0.2) is 42.9 Å². The number of para-hydroxylation sites is 1. The second-order valence-electron chi connectivity index (χ2n) is 4.40. The Hall–Kier alpha value is -3.29. The first kappa shape index (κ1) is 11.5. The van der Waals surface area contributed by atoms with Crippen LogP contribution in [0.3, 0.4) is 0 Å². The lowest BCUT2D eigenvalue weighted by atomic mass is 10.2. The van der Waals surface area contributed by atoms with Gasteiger partial charge in [0.2, 0.25) is 5.95 Å². The van der Waals surface area contributed by atoms with Crippen LogP contribution in [0.5, 0.6) is 0 Å². The highest BCUT2D eigenvalue weighted by Crippen LogP contribution is 2.25. The van der Waals surface area contributed by atoms with Gasteiger partial charge in [0, 0.05) is 0 Å². The molecule has 0 radical (unpaired) electrons. The van der Waals surface area contributed by atoms with Crippen LogP contribution in [0.1, 0.15) is 0 Å². The Morgan fingerprint density at radius 2 is 1.95 bits per heavy atom. The molecular formula is C13H10N8. The van der Waals surface area contributed by atoms with Crippen LogP contribution in [-0.2, 0) is 0 Å². The molecule has 102 valence electrons. The van der Waals surface area contributed by atoms with E-state index >= 15 is 0 Å². The minimum atomic E-state index is 0.158. The van der Waals surface area contributed by atoms with Crippen molar-refractivity contribution in [3.05, 3.63) is 42.9 Å². The third-order valence-electron chi connectivity index (χ3n) is 3.10. The Morgan fingerprint density at radius 3 is 2.81 bits per heavy atom. The molecule has 0 aliphatic rings. The molecule has 3 heterocycles. The highest BCUT2D eigenvalue weighted by molar-refractivity contribution is 5.86. The summed E-state index contributed by atoms with van der Waals surface area (Å²) in [6, 6.07) is 9.68. The molecule has 0 unspecified atom stereocenters. The highest BCUT2D eigenvalue weighted by atomic mass is 15.4. The number of benzene rings is 1. The van der Waals surface area contributed by atoms with Gasteiger partial charge in [0.15, 0.2) is 5.65 Å². The fourth-order valence-corrected chi connectivity index (χ4v) is 2.19. The van der Waals surface area contributed by atoms with Gasteiger partial charge >= 0.3 is 0 Å². The Labute approximate surface area is 118 Å². The standard InChI is InChI=1S/C13H10N8/c14-13-18-10(11-12(19-13)16-7-15-11)9-6-17-20-21(9)8-4-2-1-3-5-8/h1-7H,(H3,14,15,16,18,19). The summed E-state index contributed by atoms with van der Waals surface area (Å²) in [6.45, 7) is 0. The molecule has 3 aromatic heterocycles. The maximum Gasteiger partial charge on any atom is 0.222 e. The SMILES string of the molecule is Nc1nc(-c2cnnn2-c2ccccc2)c2[nH]cnc2n1. The zero-order valence-corrected chi connectivity index (χ0v) is 10.8. The quantitative estimate of drug-likeness (QED) is 0.569. The van der Waals surface area contributed by atoms with Crippen molar-refractivity contribution < 1.29 is 0 Å². The van der Waals surface area contributed by atoms with Gasteiger partial charge in [-0.05, 0) is 12.1 Å². The second kappa shape index (κ2) is 4.37. The molecule has 0 saturated carbocycles. The van der Waals surface area contributed by atoms with E-state index < -0.39 is 0 Å². The van der Waals surface area contributed by atoms with Crippen LogP contribution >= 0.6 is 0 Å². The number of H-pyrrole nitrogens is 1. The summed E-state index contributed by atoms with van der Waals surface area (Å²) in [5, 5.41) is 8.09. The highest BCUT2D eigenvalue weighted by Gasteiger charge is 2.16. The summed E-state index contributed by atoms with van der Waals surface area (Å²) in [4.78, 5) is 15.5. The van der Waals surface area contributed by atoms with Crippen molar-refractivity contribution in [1.82, 2.24) is 34.9 Å². The van der Waals surface area contributed by atoms with E-state index in [1.165, 1.54) is 0 Å². The number of hydrogen-bond acceptors (Lipinski definition) is 6. The van der Waals surface area contributed by atoms with E-state index in [4.69, 9.17) is 5.73 Å². The van der Waals surface area contributed by atoms with Crippen molar-refractivity contribution in [2.45, 2.75) is 0 Å². The lowest BCUT2D eigenvalue weighted by Crippen LogP contribution is -2.03. The van der Waals surface area contributed by atoms with Crippen molar-refractivity contribution in [3.63, 3.8) is 0 Å². The van der Waals surface area contributed by atoms with E-state index in [0.29, 0.717) is 22.6 Å². The molecule has 0 aliphatic carbocycles. The maximum atomic E-state index is 5.75. The first-order valence-electron chi connectivity index (χ1n) is 6.26. The van der Waals surface area contributed by atoms with E-state index in [1.807, 2.05) is 30.3 Å². The smallest absolute Gasteiger partial charge is 0.222 e. The van der Waals surface area contributed by atoms with Crippen molar-refractivity contribution in [3.8, 4) is 17.1 Å². The number of aromatic amines is 1. The molecular weight excluding hydrogens is 268 g/mol. The molecule has 0 bridgehead atoms. The monoisotopic (exact) mass is 278 g/mol. The van der Waals surface area contributed by atoms with Gasteiger partial charge in [-0.25, -0.2) is 14.6 Å². The average molecular weight is 278 g/mol. The normalized spacial score (nSPS) is 11.0. The van der Waals surface area contributed by atoms with Crippen molar-refractivity contribution >= 4 is 17.1 Å². The van der Waals surface area contributed by atoms with E-state index in [2.05, 4.69) is 30.2 Å². The van der Waals surface area contributed by atoms with Gasteiger partial charge in [-0.3, -0.25) is 0 Å². The number of rotatable bonds is 2.